The monoisotopic (exact) mass is 275 g/mol. The molecule has 1 rings (SSSR count). The number of piperidine rings is 1. The number of sulfone groups is 1. The number of carbonyl (C=O) groups excluding carboxylic acids is 2. The highest BCUT2D eigenvalue weighted by atomic mass is 32.2. The molecule has 0 saturated carbocycles. The van der Waals surface area contributed by atoms with Crippen LogP contribution in [0.15, 0.2) is 0 Å². The van der Waals surface area contributed by atoms with E-state index in [2.05, 4.69) is 0 Å². The molecule has 1 heterocycles. The summed E-state index contributed by atoms with van der Waals surface area (Å²) in [5, 5.41) is -0.520. The molecule has 5 nitrogen and oxygen atoms in total. The first kappa shape index (κ1) is 15.1. The summed E-state index contributed by atoms with van der Waals surface area (Å²) in [5.74, 6) is -0.696. The van der Waals surface area contributed by atoms with E-state index in [-0.39, 0.29) is 17.6 Å². The first-order chi connectivity index (χ1) is 8.24. The minimum atomic E-state index is -3.40. The number of likely N-dealkylation sites (tertiary alicyclic amines) is 1. The van der Waals surface area contributed by atoms with Gasteiger partial charge in [0.2, 0.25) is 5.91 Å². The van der Waals surface area contributed by atoms with E-state index in [1.165, 1.54) is 4.90 Å². The van der Waals surface area contributed by atoms with Gasteiger partial charge in [0.1, 0.15) is 11.5 Å². The molecule has 1 unspecified atom stereocenters. The summed E-state index contributed by atoms with van der Waals surface area (Å²) in [5.41, 5.74) is 0. The van der Waals surface area contributed by atoms with Crippen molar-refractivity contribution in [2.45, 2.75) is 38.9 Å². The van der Waals surface area contributed by atoms with Gasteiger partial charge in [0.05, 0.1) is 5.25 Å². The molecule has 1 atom stereocenters. The van der Waals surface area contributed by atoms with Crippen LogP contribution in [0.25, 0.3) is 0 Å². The van der Waals surface area contributed by atoms with Crippen LogP contribution in [0.2, 0.25) is 0 Å². The quantitative estimate of drug-likeness (QED) is 0.754. The molecule has 18 heavy (non-hydrogen) atoms. The molecule has 0 aromatic carbocycles. The lowest BCUT2D eigenvalue weighted by Crippen LogP contribution is -2.43. The standard InChI is InChI=1S/C12H21NO4S/c1-9(2)10(3)18(16,17)8-12(15)13-6-4-11(14)5-7-13/h9-10H,4-8H2,1-3H3. The summed E-state index contributed by atoms with van der Waals surface area (Å²) in [6.07, 6.45) is 0.678. The Morgan fingerprint density at radius 2 is 1.72 bits per heavy atom. The average molecular weight is 275 g/mol. The highest BCUT2D eigenvalue weighted by Gasteiger charge is 2.30. The van der Waals surface area contributed by atoms with Crippen LogP contribution in [0.4, 0.5) is 0 Å². The molecule has 0 bridgehead atoms. The summed E-state index contributed by atoms with van der Waals surface area (Å²) in [7, 11) is -3.40. The number of carbonyl (C=O) groups is 2. The Bertz CT molecular complexity index is 417. The van der Waals surface area contributed by atoms with Gasteiger partial charge in [-0.25, -0.2) is 8.42 Å². The number of hydrogen-bond acceptors (Lipinski definition) is 4. The molecule has 104 valence electrons. The Morgan fingerprint density at radius 3 is 2.17 bits per heavy atom. The largest absolute Gasteiger partial charge is 0.341 e. The van der Waals surface area contributed by atoms with E-state index in [1.807, 2.05) is 13.8 Å². The van der Waals surface area contributed by atoms with Gasteiger partial charge in [-0.05, 0) is 12.8 Å². The molecule has 0 aliphatic carbocycles. The Balaban J connectivity index is 2.62. The van der Waals surface area contributed by atoms with Crippen molar-refractivity contribution in [2.75, 3.05) is 18.8 Å². The molecule has 6 heteroatoms. The maximum Gasteiger partial charge on any atom is 0.237 e. The van der Waals surface area contributed by atoms with Crippen LogP contribution in [0.3, 0.4) is 0 Å². The predicted molar refractivity (Wildman–Crippen MR) is 68.9 cm³/mol. The lowest BCUT2D eigenvalue weighted by molar-refractivity contribution is -0.132. The second-order valence-electron chi connectivity index (χ2n) is 5.18. The molecular formula is C12H21NO4S. The van der Waals surface area contributed by atoms with Gasteiger partial charge in [-0.2, -0.15) is 0 Å². The van der Waals surface area contributed by atoms with Crippen molar-refractivity contribution in [1.82, 2.24) is 4.90 Å². The van der Waals surface area contributed by atoms with E-state index in [0.717, 1.165) is 0 Å². The fraction of sp³-hybridized carbons (Fsp3) is 0.833. The van der Waals surface area contributed by atoms with E-state index < -0.39 is 20.8 Å². The van der Waals surface area contributed by atoms with E-state index in [4.69, 9.17) is 0 Å². The summed E-state index contributed by atoms with van der Waals surface area (Å²) in [6.45, 7) is 5.98. The van der Waals surface area contributed by atoms with Crippen LogP contribution in [0, 0.1) is 5.92 Å². The molecule has 1 amide bonds. The first-order valence-electron chi connectivity index (χ1n) is 6.25. The Morgan fingerprint density at radius 1 is 1.22 bits per heavy atom. The minimum absolute atomic E-state index is 0.00858. The van der Waals surface area contributed by atoms with Crippen LogP contribution >= 0.6 is 0 Å². The zero-order chi connectivity index (χ0) is 13.9. The third-order valence-electron chi connectivity index (χ3n) is 3.50. The minimum Gasteiger partial charge on any atom is -0.341 e. The molecule has 0 N–H and O–H groups in total. The van der Waals surface area contributed by atoms with Crippen molar-refractivity contribution >= 4 is 21.5 Å². The van der Waals surface area contributed by atoms with Gasteiger partial charge >= 0.3 is 0 Å². The van der Waals surface area contributed by atoms with Gasteiger partial charge in [0.15, 0.2) is 9.84 Å². The first-order valence-corrected chi connectivity index (χ1v) is 7.96. The van der Waals surface area contributed by atoms with Gasteiger partial charge in [-0.15, -0.1) is 0 Å². The average Bonchev–Trinajstić information content (AvgIpc) is 2.28. The second-order valence-corrected chi connectivity index (χ2v) is 7.53. The normalized spacial score (nSPS) is 19.1. The van der Waals surface area contributed by atoms with Crippen molar-refractivity contribution in [2.24, 2.45) is 5.92 Å². The van der Waals surface area contributed by atoms with Crippen molar-refractivity contribution < 1.29 is 18.0 Å². The van der Waals surface area contributed by atoms with Gasteiger partial charge < -0.3 is 4.90 Å². The molecule has 0 aromatic heterocycles. The molecule has 1 saturated heterocycles. The second kappa shape index (κ2) is 5.82. The zero-order valence-corrected chi connectivity index (χ0v) is 12.0. The molecule has 1 fully saturated rings. The Kier molecular flexibility index (Phi) is 4.90. The summed E-state index contributed by atoms with van der Waals surface area (Å²) < 4.78 is 23.9. The Hall–Kier alpha value is -0.910. The molecule has 0 aromatic rings. The van der Waals surface area contributed by atoms with Gasteiger partial charge in [-0.1, -0.05) is 13.8 Å². The summed E-state index contributed by atoms with van der Waals surface area (Å²) in [4.78, 5) is 24.4. The van der Waals surface area contributed by atoms with Crippen LogP contribution < -0.4 is 0 Å². The van der Waals surface area contributed by atoms with Crippen molar-refractivity contribution in [3.05, 3.63) is 0 Å². The number of amides is 1. The molecule has 0 spiro atoms. The molecule has 1 aliphatic rings. The van der Waals surface area contributed by atoms with Crippen LogP contribution in [-0.4, -0.2) is 49.1 Å². The highest BCUT2D eigenvalue weighted by molar-refractivity contribution is 7.92. The lowest BCUT2D eigenvalue weighted by atomic mass is 10.1. The topological polar surface area (TPSA) is 71.5 Å². The molecule has 0 radical (unpaired) electrons. The van der Waals surface area contributed by atoms with Crippen molar-refractivity contribution in [3.8, 4) is 0 Å². The molecule has 1 aliphatic heterocycles. The smallest absolute Gasteiger partial charge is 0.237 e. The fourth-order valence-corrected chi connectivity index (χ4v) is 3.43. The van der Waals surface area contributed by atoms with E-state index >= 15 is 0 Å². The van der Waals surface area contributed by atoms with Crippen LogP contribution in [-0.2, 0) is 19.4 Å². The summed E-state index contributed by atoms with van der Waals surface area (Å²) >= 11 is 0. The summed E-state index contributed by atoms with van der Waals surface area (Å²) in [6, 6.07) is 0. The fourth-order valence-electron chi connectivity index (χ4n) is 1.82. The van der Waals surface area contributed by atoms with Crippen LogP contribution in [0.1, 0.15) is 33.6 Å². The third kappa shape index (κ3) is 3.80. The predicted octanol–water partition coefficient (Wildman–Crippen LogP) is 0.637. The van der Waals surface area contributed by atoms with E-state index in [9.17, 15) is 18.0 Å². The SMILES string of the molecule is CC(C)C(C)S(=O)(=O)CC(=O)N1CCC(=O)CC1. The Labute approximate surface area is 108 Å². The number of ketones is 1. The number of nitrogens with zero attached hydrogens (tertiary/aromatic N) is 1. The van der Waals surface area contributed by atoms with Gasteiger partial charge in [0.25, 0.3) is 0 Å². The number of hydrogen-bond donors (Lipinski definition) is 0. The number of rotatable bonds is 4. The number of Topliss-reactive ketones (excluding diaryl/α,β-unsaturated/α-hetero) is 1. The van der Waals surface area contributed by atoms with Crippen molar-refractivity contribution in [3.63, 3.8) is 0 Å². The van der Waals surface area contributed by atoms with Gasteiger partial charge in [0, 0.05) is 25.9 Å². The highest BCUT2D eigenvalue weighted by Crippen LogP contribution is 2.14. The van der Waals surface area contributed by atoms with E-state index in [0.29, 0.717) is 25.9 Å². The van der Waals surface area contributed by atoms with Gasteiger partial charge in [-0.3, -0.25) is 9.59 Å². The zero-order valence-electron chi connectivity index (χ0n) is 11.2. The maximum atomic E-state index is 12.0. The molecular weight excluding hydrogens is 254 g/mol. The third-order valence-corrected chi connectivity index (χ3v) is 5.83. The van der Waals surface area contributed by atoms with E-state index in [1.54, 1.807) is 6.92 Å². The van der Waals surface area contributed by atoms with Crippen LogP contribution in [0.5, 0.6) is 0 Å². The van der Waals surface area contributed by atoms with Crippen molar-refractivity contribution in [1.29, 1.82) is 0 Å². The maximum absolute atomic E-state index is 12.0. The lowest BCUT2D eigenvalue weighted by Gasteiger charge is -2.26.